The second kappa shape index (κ2) is 21.0. The Hall–Kier alpha value is -5.76. The van der Waals surface area contributed by atoms with Crippen molar-refractivity contribution in [3.8, 4) is 11.1 Å². The van der Waals surface area contributed by atoms with E-state index in [2.05, 4.69) is 43.9 Å². The summed E-state index contributed by atoms with van der Waals surface area (Å²) in [5.41, 5.74) is 7.84. The highest BCUT2D eigenvalue weighted by Crippen LogP contribution is 2.44. The lowest BCUT2D eigenvalue weighted by Crippen LogP contribution is -2.56. The van der Waals surface area contributed by atoms with Gasteiger partial charge in [-0.3, -0.25) is 14.4 Å². The van der Waals surface area contributed by atoms with Crippen LogP contribution in [0.15, 0.2) is 84.0 Å². The van der Waals surface area contributed by atoms with Crippen LogP contribution in [-0.4, -0.2) is 91.9 Å². The van der Waals surface area contributed by atoms with Gasteiger partial charge in [0, 0.05) is 44.6 Å². The first-order valence-corrected chi connectivity index (χ1v) is 21.2. The molecular weight excluding hydrogens is 763 g/mol. The fourth-order valence-corrected chi connectivity index (χ4v) is 8.48. The van der Waals surface area contributed by atoms with Crippen LogP contribution in [0.4, 0.5) is 9.59 Å². The van der Waals surface area contributed by atoms with Crippen LogP contribution < -0.4 is 26.7 Å². The van der Waals surface area contributed by atoms with E-state index >= 15 is 0 Å². The molecule has 2 aliphatic carbocycles. The molecule has 6 rings (SSSR count). The molecule has 1 heterocycles. The van der Waals surface area contributed by atoms with Gasteiger partial charge in [0.1, 0.15) is 18.7 Å². The number of ether oxygens (including phenoxy) is 2. The lowest BCUT2D eigenvalue weighted by atomic mass is 9.81. The normalized spacial score (nSPS) is 20.8. The number of hydrazone groups is 1. The number of hydrogen-bond acceptors (Lipinski definition) is 8. The summed E-state index contributed by atoms with van der Waals surface area (Å²) in [5, 5.41) is 15.5. The number of nitrogens with one attached hydrogen (secondary N) is 5. The van der Waals surface area contributed by atoms with E-state index in [-0.39, 0.29) is 49.2 Å². The molecule has 3 aromatic carbocycles. The number of rotatable bonds is 16. The molecule has 0 spiro atoms. The highest BCUT2D eigenvalue weighted by atomic mass is 16.5. The number of carbonyl (C=O) groups is 5. The molecule has 0 bridgehead atoms. The van der Waals surface area contributed by atoms with Crippen molar-refractivity contribution >= 4 is 36.1 Å². The Morgan fingerprint density at radius 3 is 2.13 bits per heavy atom. The molecule has 2 fully saturated rings. The second-order valence-electron chi connectivity index (χ2n) is 16.3. The summed E-state index contributed by atoms with van der Waals surface area (Å²) in [6.07, 6.45) is 4.33. The largest absolute Gasteiger partial charge is 0.449 e. The molecule has 3 aromatic rings. The first-order chi connectivity index (χ1) is 29.1. The van der Waals surface area contributed by atoms with E-state index < -0.39 is 48.2 Å². The van der Waals surface area contributed by atoms with E-state index in [9.17, 15) is 24.0 Å². The fraction of sp³-hybridized carbons (Fsp3) is 0.478. The minimum absolute atomic E-state index is 0.0236. The van der Waals surface area contributed by atoms with Crippen molar-refractivity contribution in [1.29, 1.82) is 0 Å². The summed E-state index contributed by atoms with van der Waals surface area (Å²) in [6.45, 7) is 6.59. The number of hydrogen-bond donors (Lipinski definition) is 5. The SMILES string of the molecule is CC[C@@H](/C=N/NC(=O)NCC1CCC(C(=O)NC)CC1)NC(=O)[C@@H]1C[C@@H](OCc2ccccc2)CN1C(=O)[C@H](NC(=O)OCC1c2ccccc2-c2ccccc21)C(C)C. The number of urea groups is 1. The maximum absolute atomic E-state index is 14.4. The number of carbonyl (C=O) groups excluding carboxylic acids is 5. The van der Waals surface area contributed by atoms with Crippen molar-refractivity contribution in [1.82, 2.24) is 31.6 Å². The van der Waals surface area contributed by atoms with Gasteiger partial charge in [-0.15, -0.1) is 0 Å². The fourth-order valence-electron chi connectivity index (χ4n) is 8.48. The highest BCUT2D eigenvalue weighted by Gasteiger charge is 2.44. The van der Waals surface area contributed by atoms with Gasteiger partial charge in [0.2, 0.25) is 17.7 Å². The molecule has 1 aliphatic heterocycles. The summed E-state index contributed by atoms with van der Waals surface area (Å²) in [5.74, 6) is -0.897. The molecule has 1 saturated heterocycles. The predicted octanol–water partition coefficient (Wildman–Crippen LogP) is 5.47. The molecule has 4 atom stereocenters. The second-order valence-corrected chi connectivity index (χ2v) is 16.3. The summed E-state index contributed by atoms with van der Waals surface area (Å²) < 4.78 is 12.1. The van der Waals surface area contributed by atoms with Crippen molar-refractivity contribution in [2.75, 3.05) is 26.7 Å². The molecule has 60 heavy (non-hydrogen) atoms. The van der Waals surface area contributed by atoms with Gasteiger partial charge in [0.05, 0.1) is 18.8 Å². The van der Waals surface area contributed by atoms with Crippen LogP contribution in [0.2, 0.25) is 0 Å². The zero-order valence-corrected chi connectivity index (χ0v) is 35.0. The van der Waals surface area contributed by atoms with Crippen LogP contribution in [0.5, 0.6) is 0 Å². The lowest BCUT2D eigenvalue weighted by Gasteiger charge is -2.30. The maximum Gasteiger partial charge on any atom is 0.407 e. The van der Waals surface area contributed by atoms with Crippen LogP contribution in [0, 0.1) is 17.8 Å². The van der Waals surface area contributed by atoms with Crippen LogP contribution in [-0.2, 0) is 30.5 Å². The molecular formula is C46H59N7O7. The van der Waals surface area contributed by atoms with Gasteiger partial charge >= 0.3 is 12.1 Å². The van der Waals surface area contributed by atoms with Crippen LogP contribution in [0.3, 0.4) is 0 Å². The zero-order valence-electron chi connectivity index (χ0n) is 35.0. The number of likely N-dealkylation sites (tertiary alicyclic amines) is 1. The maximum atomic E-state index is 14.4. The number of amides is 6. The molecule has 0 unspecified atom stereocenters. The Labute approximate surface area is 352 Å². The van der Waals surface area contributed by atoms with E-state index in [1.54, 1.807) is 7.05 Å². The summed E-state index contributed by atoms with van der Waals surface area (Å²) in [7, 11) is 1.65. The lowest BCUT2D eigenvalue weighted by molar-refractivity contribution is -0.141. The molecule has 14 nitrogen and oxygen atoms in total. The Kier molecular flexibility index (Phi) is 15.3. The van der Waals surface area contributed by atoms with Gasteiger partial charge in [-0.1, -0.05) is 99.6 Å². The smallest absolute Gasteiger partial charge is 0.407 e. The first kappa shape index (κ1) is 43.8. The molecule has 3 aliphatic rings. The topological polar surface area (TPSA) is 180 Å². The van der Waals surface area contributed by atoms with Gasteiger partial charge in [-0.05, 0) is 71.8 Å². The third kappa shape index (κ3) is 11.1. The Morgan fingerprint density at radius 1 is 0.850 bits per heavy atom. The van der Waals surface area contributed by atoms with E-state index in [1.165, 1.54) is 11.1 Å². The number of fused-ring (bicyclic) bond motifs is 3. The minimum Gasteiger partial charge on any atom is -0.449 e. The van der Waals surface area contributed by atoms with E-state index in [1.807, 2.05) is 87.5 Å². The minimum atomic E-state index is -0.971. The number of nitrogens with zero attached hydrogens (tertiary/aromatic N) is 2. The number of benzene rings is 3. The van der Waals surface area contributed by atoms with Crippen molar-refractivity contribution in [2.45, 2.75) is 96.1 Å². The Balaban J connectivity index is 1.06. The monoisotopic (exact) mass is 821 g/mol. The summed E-state index contributed by atoms with van der Waals surface area (Å²) in [4.78, 5) is 67.8. The van der Waals surface area contributed by atoms with Gasteiger partial charge in [-0.2, -0.15) is 5.10 Å². The van der Waals surface area contributed by atoms with E-state index in [0.29, 0.717) is 19.6 Å². The van der Waals surface area contributed by atoms with Crippen molar-refractivity contribution < 1.29 is 33.4 Å². The number of alkyl carbamates (subject to hydrolysis) is 1. The van der Waals surface area contributed by atoms with Crippen molar-refractivity contribution in [3.05, 3.63) is 95.6 Å². The van der Waals surface area contributed by atoms with Crippen LogP contribution >= 0.6 is 0 Å². The molecule has 14 heteroatoms. The van der Waals surface area contributed by atoms with Crippen LogP contribution in [0.25, 0.3) is 11.1 Å². The van der Waals surface area contributed by atoms with Crippen molar-refractivity contribution in [3.63, 3.8) is 0 Å². The molecule has 0 radical (unpaired) electrons. The summed E-state index contributed by atoms with van der Waals surface area (Å²) in [6, 6.07) is 23.0. The van der Waals surface area contributed by atoms with Gasteiger partial charge in [0.25, 0.3) is 0 Å². The molecule has 6 amide bonds. The molecule has 0 aromatic heterocycles. The molecule has 5 N–H and O–H groups in total. The summed E-state index contributed by atoms with van der Waals surface area (Å²) >= 11 is 0. The Bertz CT molecular complexity index is 1940. The van der Waals surface area contributed by atoms with E-state index in [4.69, 9.17) is 9.47 Å². The predicted molar refractivity (Wildman–Crippen MR) is 229 cm³/mol. The third-order valence-corrected chi connectivity index (χ3v) is 11.9. The van der Waals surface area contributed by atoms with Gasteiger partial charge in [0.15, 0.2) is 0 Å². The van der Waals surface area contributed by atoms with Crippen molar-refractivity contribution in [2.24, 2.45) is 22.9 Å². The van der Waals surface area contributed by atoms with Gasteiger partial charge < -0.3 is 35.6 Å². The Morgan fingerprint density at radius 2 is 1.50 bits per heavy atom. The zero-order chi connectivity index (χ0) is 42.6. The van der Waals surface area contributed by atoms with Gasteiger partial charge in [-0.25, -0.2) is 15.0 Å². The molecule has 1 saturated carbocycles. The molecule has 320 valence electrons. The van der Waals surface area contributed by atoms with E-state index in [0.717, 1.165) is 53.5 Å². The highest BCUT2D eigenvalue weighted by molar-refractivity contribution is 5.93. The standard InChI is InChI=1S/C46H59N7O7/c1-5-33(25-49-52-45(57)48-24-30-19-21-32(22-20-30)42(54)47-4)50-43(55)40-23-34(59-27-31-13-7-6-8-14-31)26-53(40)44(56)41(29(2)3)51-46(58)60-28-39-37-17-11-9-15-35(37)36-16-10-12-18-38(36)39/h6-18,25,29-30,32-34,39-41H,5,19-24,26-28H2,1-4H3,(H,47,54)(H,50,55)(H,51,58)(H2,48,52,57)/b49-25+/t30?,32?,33-,34+,40-,41+/m0/s1. The average molecular weight is 822 g/mol. The average Bonchev–Trinajstić information content (AvgIpc) is 3.85. The van der Waals surface area contributed by atoms with Crippen LogP contribution in [0.1, 0.15) is 81.9 Å². The third-order valence-electron chi connectivity index (χ3n) is 11.9. The first-order valence-electron chi connectivity index (χ1n) is 21.2. The quantitative estimate of drug-likeness (QED) is 0.0940.